The average molecular weight is 444 g/mol. The van der Waals surface area contributed by atoms with Crippen LogP contribution < -0.4 is 16.0 Å². The van der Waals surface area contributed by atoms with Gasteiger partial charge in [0, 0.05) is 12.1 Å². The fraction of sp³-hybridized carbons (Fsp3) is 0.273. The van der Waals surface area contributed by atoms with Crippen molar-refractivity contribution in [3.8, 4) is 0 Å². The highest BCUT2D eigenvalue weighted by Crippen LogP contribution is 2.04. The maximum absolute atomic E-state index is 12.0. The number of benzene rings is 2. The zero-order valence-electron chi connectivity index (χ0n) is 17.1. The van der Waals surface area contributed by atoms with E-state index in [2.05, 4.69) is 16.0 Å². The van der Waals surface area contributed by atoms with E-state index in [1.54, 1.807) is 24.3 Å². The highest BCUT2D eigenvalue weighted by Gasteiger charge is 2.22. The number of hydrogen-bond donors (Lipinski definition) is 3. The topological polar surface area (TPSA) is 106 Å². The summed E-state index contributed by atoms with van der Waals surface area (Å²) in [5.41, 5.74) is 1.33. The van der Waals surface area contributed by atoms with Crippen LogP contribution in [0.4, 0.5) is 4.79 Å². The van der Waals surface area contributed by atoms with E-state index in [1.807, 2.05) is 36.4 Å². The normalized spacial score (nSPS) is 11.0. The Hall–Kier alpha value is -3.46. The van der Waals surface area contributed by atoms with Crippen molar-refractivity contribution in [3.05, 3.63) is 71.8 Å². The molecule has 0 spiro atoms. The minimum absolute atomic E-state index is 0.0947. The molecule has 0 aliphatic carbocycles. The molecule has 2 aromatic rings. The molecule has 0 saturated heterocycles. The number of methoxy groups -OCH3 is 1. The van der Waals surface area contributed by atoms with E-state index < -0.39 is 18.1 Å². The first-order valence-electron chi connectivity index (χ1n) is 9.69. The molecule has 0 heterocycles. The molecule has 2 amide bonds. The summed E-state index contributed by atoms with van der Waals surface area (Å²) in [5.74, 6) is -0.884. The second-order valence-electron chi connectivity index (χ2n) is 6.50. The monoisotopic (exact) mass is 443 g/mol. The van der Waals surface area contributed by atoms with Crippen LogP contribution in [0.15, 0.2) is 60.7 Å². The van der Waals surface area contributed by atoms with Crippen molar-refractivity contribution in [2.75, 3.05) is 13.7 Å². The Balaban J connectivity index is 1.72. The zero-order chi connectivity index (χ0) is 22.5. The maximum Gasteiger partial charge on any atom is 0.408 e. The molecule has 0 radical (unpaired) electrons. The highest BCUT2D eigenvalue weighted by atomic mass is 32.1. The molecule has 0 bridgehead atoms. The number of thiocarbonyl (C=S) groups is 1. The van der Waals surface area contributed by atoms with E-state index in [4.69, 9.17) is 21.7 Å². The molecule has 31 heavy (non-hydrogen) atoms. The van der Waals surface area contributed by atoms with E-state index in [9.17, 15) is 14.4 Å². The number of esters is 1. The molecule has 0 aliphatic rings. The lowest BCUT2D eigenvalue weighted by molar-refractivity contribution is -0.143. The number of carbonyl (C=O) groups is 3. The van der Waals surface area contributed by atoms with Crippen LogP contribution in [-0.4, -0.2) is 42.8 Å². The van der Waals surface area contributed by atoms with E-state index in [1.165, 1.54) is 7.11 Å². The van der Waals surface area contributed by atoms with Gasteiger partial charge in [0.15, 0.2) is 5.11 Å². The third-order valence-corrected chi connectivity index (χ3v) is 4.46. The van der Waals surface area contributed by atoms with Gasteiger partial charge in [-0.05, 0) is 42.8 Å². The van der Waals surface area contributed by atoms with Gasteiger partial charge in [-0.25, -0.2) is 9.59 Å². The lowest BCUT2D eigenvalue weighted by atomic mass is 10.1. The van der Waals surface area contributed by atoms with Crippen molar-refractivity contribution in [1.82, 2.24) is 16.0 Å². The summed E-state index contributed by atoms with van der Waals surface area (Å²) in [7, 11) is 1.25. The third kappa shape index (κ3) is 8.83. The molecule has 8 nitrogen and oxygen atoms in total. The second-order valence-corrected chi connectivity index (χ2v) is 6.91. The van der Waals surface area contributed by atoms with Gasteiger partial charge in [-0.3, -0.25) is 10.1 Å². The van der Waals surface area contributed by atoms with E-state index >= 15 is 0 Å². The predicted molar refractivity (Wildman–Crippen MR) is 119 cm³/mol. The minimum atomic E-state index is -0.859. The first kappa shape index (κ1) is 23.8. The van der Waals surface area contributed by atoms with Gasteiger partial charge in [-0.15, -0.1) is 0 Å². The van der Waals surface area contributed by atoms with E-state index in [-0.39, 0.29) is 17.6 Å². The third-order valence-electron chi connectivity index (χ3n) is 4.21. The van der Waals surface area contributed by atoms with Crippen molar-refractivity contribution in [3.63, 3.8) is 0 Å². The second kappa shape index (κ2) is 13.0. The highest BCUT2D eigenvalue weighted by molar-refractivity contribution is 7.80. The van der Waals surface area contributed by atoms with Gasteiger partial charge >= 0.3 is 12.1 Å². The van der Waals surface area contributed by atoms with Crippen LogP contribution in [0.3, 0.4) is 0 Å². The molecule has 0 fully saturated rings. The largest absolute Gasteiger partial charge is 0.467 e. The molecule has 0 saturated carbocycles. The molecular weight excluding hydrogens is 418 g/mol. The lowest BCUT2D eigenvalue weighted by Gasteiger charge is -2.17. The lowest BCUT2D eigenvalue weighted by Crippen LogP contribution is -2.43. The van der Waals surface area contributed by atoms with Crippen LogP contribution in [0.1, 0.15) is 28.8 Å². The first-order chi connectivity index (χ1) is 15.0. The fourth-order valence-electron chi connectivity index (χ4n) is 2.62. The molecule has 2 rings (SSSR count). The molecular formula is C22H25N3O5S. The van der Waals surface area contributed by atoms with Gasteiger partial charge in [-0.2, -0.15) is 0 Å². The number of carbonyl (C=O) groups excluding carboxylic acids is 3. The van der Waals surface area contributed by atoms with Crippen LogP contribution in [0.25, 0.3) is 0 Å². The first-order valence-corrected chi connectivity index (χ1v) is 10.1. The summed E-state index contributed by atoms with van der Waals surface area (Å²) in [6.45, 7) is 0.486. The molecule has 1 unspecified atom stereocenters. The number of rotatable bonds is 9. The Bertz CT molecular complexity index is 877. The molecule has 9 heteroatoms. The maximum atomic E-state index is 12.0. The van der Waals surface area contributed by atoms with Gasteiger partial charge in [0.2, 0.25) is 0 Å². The van der Waals surface area contributed by atoms with Crippen molar-refractivity contribution in [1.29, 1.82) is 0 Å². The summed E-state index contributed by atoms with van der Waals surface area (Å²) in [5, 5.41) is 8.17. The molecule has 3 N–H and O–H groups in total. The van der Waals surface area contributed by atoms with Gasteiger partial charge in [0.05, 0.1) is 7.11 Å². The quantitative estimate of drug-likeness (QED) is 0.311. The van der Waals surface area contributed by atoms with Gasteiger partial charge in [0.1, 0.15) is 12.6 Å². The summed E-state index contributed by atoms with van der Waals surface area (Å²) < 4.78 is 9.89. The summed E-state index contributed by atoms with van der Waals surface area (Å²) in [6.07, 6.45) is 0.0768. The van der Waals surface area contributed by atoms with Crippen molar-refractivity contribution in [2.24, 2.45) is 0 Å². The Labute approximate surface area is 186 Å². The Morgan fingerprint density at radius 1 is 1.00 bits per heavy atom. The molecule has 2 aromatic carbocycles. The standard InChI is InChI=1S/C22H25N3O5S/c1-29-20(27)18(24-22(28)30-15-16-9-4-2-5-10-16)13-8-14-23-21(31)25-19(26)17-11-6-3-7-12-17/h2-7,9-12,18H,8,13-15H2,1H3,(H,24,28)(H2,23,25,26,31). The summed E-state index contributed by atoms with van der Waals surface area (Å²) in [4.78, 5) is 36.0. The fourth-order valence-corrected chi connectivity index (χ4v) is 2.81. The van der Waals surface area contributed by atoms with Crippen molar-refractivity contribution < 1.29 is 23.9 Å². The van der Waals surface area contributed by atoms with Gasteiger partial charge < -0.3 is 20.1 Å². The Kier molecular flexibility index (Phi) is 9.96. The minimum Gasteiger partial charge on any atom is -0.467 e. The smallest absolute Gasteiger partial charge is 0.408 e. The molecule has 0 aliphatic heterocycles. The zero-order valence-corrected chi connectivity index (χ0v) is 17.9. The summed E-state index contributed by atoms with van der Waals surface area (Å²) in [6, 6.07) is 17.0. The van der Waals surface area contributed by atoms with E-state index in [0.717, 1.165) is 5.56 Å². The number of amides is 2. The van der Waals surface area contributed by atoms with Crippen LogP contribution in [0.2, 0.25) is 0 Å². The molecule has 0 aromatic heterocycles. The number of ether oxygens (including phenoxy) is 2. The van der Waals surface area contributed by atoms with Crippen LogP contribution in [-0.2, 0) is 20.9 Å². The summed E-state index contributed by atoms with van der Waals surface area (Å²) >= 11 is 5.11. The average Bonchev–Trinajstić information content (AvgIpc) is 2.80. The number of nitrogens with one attached hydrogen (secondary N) is 3. The number of alkyl carbamates (subject to hydrolysis) is 1. The molecule has 164 valence electrons. The van der Waals surface area contributed by atoms with Gasteiger partial charge in [0.25, 0.3) is 5.91 Å². The Morgan fingerprint density at radius 3 is 2.29 bits per heavy atom. The Morgan fingerprint density at radius 2 is 1.65 bits per heavy atom. The van der Waals surface area contributed by atoms with Crippen LogP contribution in [0, 0.1) is 0 Å². The predicted octanol–water partition coefficient (Wildman–Crippen LogP) is 2.54. The van der Waals surface area contributed by atoms with Crippen LogP contribution in [0.5, 0.6) is 0 Å². The van der Waals surface area contributed by atoms with Gasteiger partial charge in [-0.1, -0.05) is 48.5 Å². The van der Waals surface area contributed by atoms with Crippen molar-refractivity contribution >= 4 is 35.3 Å². The molecule has 1 atom stereocenters. The SMILES string of the molecule is COC(=O)C(CCCNC(=S)NC(=O)c1ccccc1)NC(=O)OCc1ccccc1. The van der Waals surface area contributed by atoms with E-state index in [0.29, 0.717) is 24.9 Å². The van der Waals surface area contributed by atoms with Crippen molar-refractivity contribution in [2.45, 2.75) is 25.5 Å². The number of hydrogen-bond acceptors (Lipinski definition) is 6. The van der Waals surface area contributed by atoms with Crippen LogP contribution >= 0.6 is 12.2 Å².